The normalized spacial score (nSPS) is 25.6. The Labute approximate surface area is 198 Å². The van der Waals surface area contributed by atoms with Crippen molar-refractivity contribution in [2.75, 3.05) is 25.6 Å². The third kappa shape index (κ3) is 4.29. The average Bonchev–Trinajstić information content (AvgIpc) is 3.06. The number of fused-ring (bicyclic) bond motifs is 2. The molecule has 33 heavy (non-hydrogen) atoms. The smallest absolute Gasteiger partial charge is 0.329 e. The van der Waals surface area contributed by atoms with Crippen molar-refractivity contribution in [3.05, 3.63) is 58.4 Å². The van der Waals surface area contributed by atoms with Crippen LogP contribution in [0.3, 0.4) is 0 Å². The number of rotatable bonds is 7. The topological polar surface area (TPSA) is 82.0 Å². The summed E-state index contributed by atoms with van der Waals surface area (Å²) >= 11 is 6.11. The fourth-order valence-corrected chi connectivity index (χ4v) is 5.62. The number of nitrogens with zero attached hydrogens (tertiary/aromatic N) is 1. The zero-order valence-corrected chi connectivity index (χ0v) is 19.7. The predicted octanol–water partition coefficient (Wildman–Crippen LogP) is 4.64. The molecular formula is C25H30ClFN2O4. The van der Waals surface area contributed by atoms with E-state index in [0.717, 1.165) is 11.1 Å². The number of hydrogen-bond acceptors (Lipinski definition) is 5. The molecule has 0 aromatic heterocycles. The molecule has 1 aliphatic carbocycles. The van der Waals surface area contributed by atoms with Gasteiger partial charge in [0.25, 0.3) is 0 Å². The SMILES string of the molecule is COc1cc2c(cc1F)CN(C[C@@H](C)CO)C21CCC(Nc2cccc(Cl)c2)(C(=O)O)CC1. The highest BCUT2D eigenvalue weighted by molar-refractivity contribution is 6.30. The molecule has 2 aromatic carbocycles. The van der Waals surface area contributed by atoms with Crippen molar-refractivity contribution in [3.63, 3.8) is 0 Å². The Kier molecular flexibility index (Phi) is 6.58. The molecule has 178 valence electrons. The molecule has 0 bridgehead atoms. The predicted molar refractivity (Wildman–Crippen MR) is 125 cm³/mol. The molecule has 2 aliphatic rings. The Morgan fingerprint density at radius 3 is 2.61 bits per heavy atom. The summed E-state index contributed by atoms with van der Waals surface area (Å²) in [7, 11) is 1.45. The second kappa shape index (κ2) is 9.12. The van der Waals surface area contributed by atoms with E-state index in [1.807, 2.05) is 13.0 Å². The van der Waals surface area contributed by atoms with Crippen molar-refractivity contribution in [1.29, 1.82) is 0 Å². The number of nitrogens with one attached hydrogen (secondary N) is 1. The monoisotopic (exact) mass is 476 g/mol. The molecule has 1 fully saturated rings. The van der Waals surface area contributed by atoms with Crippen LogP contribution in [0.4, 0.5) is 10.1 Å². The number of ether oxygens (including phenoxy) is 1. The fraction of sp³-hybridized carbons (Fsp3) is 0.480. The van der Waals surface area contributed by atoms with Crippen molar-refractivity contribution < 1.29 is 24.1 Å². The van der Waals surface area contributed by atoms with E-state index in [2.05, 4.69) is 10.2 Å². The van der Waals surface area contributed by atoms with Gasteiger partial charge < -0.3 is 20.3 Å². The minimum Gasteiger partial charge on any atom is -0.494 e. The molecule has 1 spiro atoms. The van der Waals surface area contributed by atoms with E-state index >= 15 is 0 Å². The van der Waals surface area contributed by atoms with Gasteiger partial charge in [-0.2, -0.15) is 0 Å². The fourth-order valence-electron chi connectivity index (χ4n) is 5.43. The van der Waals surface area contributed by atoms with Crippen LogP contribution in [0.5, 0.6) is 5.75 Å². The van der Waals surface area contributed by atoms with Crippen LogP contribution in [0.25, 0.3) is 0 Å². The number of carboxylic acid groups (broad SMARTS) is 1. The minimum absolute atomic E-state index is 0.0404. The highest BCUT2D eigenvalue weighted by Crippen LogP contribution is 2.52. The highest BCUT2D eigenvalue weighted by atomic mass is 35.5. The van der Waals surface area contributed by atoms with E-state index < -0.39 is 22.9 Å². The quantitative estimate of drug-likeness (QED) is 0.540. The molecule has 2 aromatic rings. The van der Waals surface area contributed by atoms with Crippen LogP contribution in [0, 0.1) is 11.7 Å². The number of hydrogen-bond donors (Lipinski definition) is 3. The maximum absolute atomic E-state index is 14.5. The largest absolute Gasteiger partial charge is 0.494 e. The molecule has 4 rings (SSSR count). The Hall–Kier alpha value is -2.35. The first-order valence-corrected chi connectivity index (χ1v) is 11.6. The third-order valence-electron chi connectivity index (χ3n) is 7.24. The average molecular weight is 477 g/mol. The first-order chi connectivity index (χ1) is 15.7. The summed E-state index contributed by atoms with van der Waals surface area (Å²) in [6, 6.07) is 10.4. The molecule has 1 atom stereocenters. The number of carboxylic acids is 1. The molecule has 0 amide bonds. The zero-order valence-electron chi connectivity index (χ0n) is 18.9. The summed E-state index contributed by atoms with van der Waals surface area (Å²) in [6.45, 7) is 3.22. The molecule has 1 saturated carbocycles. The molecule has 8 heteroatoms. The van der Waals surface area contributed by atoms with E-state index in [1.54, 1.807) is 24.3 Å². The van der Waals surface area contributed by atoms with Gasteiger partial charge in [0.1, 0.15) is 5.54 Å². The van der Waals surface area contributed by atoms with Gasteiger partial charge in [-0.25, -0.2) is 9.18 Å². The molecule has 1 heterocycles. The van der Waals surface area contributed by atoms with Crippen LogP contribution < -0.4 is 10.1 Å². The van der Waals surface area contributed by atoms with Crippen molar-refractivity contribution in [1.82, 2.24) is 4.90 Å². The van der Waals surface area contributed by atoms with Gasteiger partial charge in [-0.1, -0.05) is 24.6 Å². The van der Waals surface area contributed by atoms with Gasteiger partial charge in [-0.3, -0.25) is 4.90 Å². The summed E-state index contributed by atoms with van der Waals surface area (Å²) < 4.78 is 19.7. The highest BCUT2D eigenvalue weighted by Gasteiger charge is 2.53. The molecule has 0 radical (unpaired) electrons. The number of anilines is 1. The first kappa shape index (κ1) is 23.8. The van der Waals surface area contributed by atoms with Crippen LogP contribution in [-0.2, 0) is 16.9 Å². The lowest BCUT2D eigenvalue weighted by Crippen LogP contribution is -2.55. The van der Waals surface area contributed by atoms with Crippen molar-refractivity contribution in [2.45, 2.75) is 50.2 Å². The Bertz CT molecular complexity index is 1040. The standard InChI is InChI=1S/C25H30ClFN2O4/c1-16(15-30)13-29-14-17-10-21(27)22(33-2)12-20(17)25(29)8-6-24(7-9-25,23(31)32)28-19-5-3-4-18(26)11-19/h3-5,10-12,16,28,30H,6-9,13-15H2,1-2H3,(H,31,32)/t16-,24?,25?/m1/s1. The number of halogens is 2. The van der Waals surface area contributed by atoms with Gasteiger partial charge in [0.2, 0.25) is 0 Å². The molecular weight excluding hydrogens is 447 g/mol. The van der Waals surface area contributed by atoms with Crippen LogP contribution in [0.1, 0.15) is 43.7 Å². The lowest BCUT2D eigenvalue weighted by molar-refractivity contribution is -0.145. The third-order valence-corrected chi connectivity index (χ3v) is 7.47. The van der Waals surface area contributed by atoms with Gasteiger partial charge in [-0.15, -0.1) is 0 Å². The van der Waals surface area contributed by atoms with Crippen molar-refractivity contribution in [2.24, 2.45) is 5.92 Å². The minimum atomic E-state index is -1.13. The van der Waals surface area contributed by atoms with E-state index in [4.69, 9.17) is 16.3 Å². The molecule has 3 N–H and O–H groups in total. The summed E-state index contributed by atoms with van der Waals surface area (Å²) in [5.74, 6) is -1.07. The maximum atomic E-state index is 14.5. The zero-order chi connectivity index (χ0) is 23.8. The Morgan fingerprint density at radius 1 is 1.27 bits per heavy atom. The van der Waals surface area contributed by atoms with Crippen LogP contribution in [0.2, 0.25) is 5.02 Å². The summed E-state index contributed by atoms with van der Waals surface area (Å²) in [6.07, 6.45) is 1.93. The number of benzene rings is 2. The van der Waals surface area contributed by atoms with Gasteiger partial charge in [-0.05, 0) is 73.1 Å². The van der Waals surface area contributed by atoms with Gasteiger partial charge in [0.15, 0.2) is 11.6 Å². The van der Waals surface area contributed by atoms with Gasteiger partial charge in [0.05, 0.1) is 7.11 Å². The summed E-state index contributed by atoms with van der Waals surface area (Å²) in [5.41, 5.74) is 0.991. The summed E-state index contributed by atoms with van der Waals surface area (Å²) in [5, 5.41) is 23.6. The first-order valence-electron chi connectivity index (χ1n) is 11.2. The van der Waals surface area contributed by atoms with E-state index in [0.29, 0.717) is 49.5 Å². The lowest BCUT2D eigenvalue weighted by Gasteiger charge is -2.48. The van der Waals surface area contributed by atoms with E-state index in [-0.39, 0.29) is 18.3 Å². The molecule has 0 saturated heterocycles. The maximum Gasteiger partial charge on any atom is 0.329 e. The number of aliphatic carboxylic acids is 1. The number of methoxy groups -OCH3 is 1. The van der Waals surface area contributed by atoms with Gasteiger partial charge >= 0.3 is 5.97 Å². The molecule has 1 aliphatic heterocycles. The lowest BCUT2D eigenvalue weighted by atomic mass is 9.69. The molecule has 0 unspecified atom stereocenters. The van der Waals surface area contributed by atoms with Crippen LogP contribution in [-0.4, -0.2) is 46.9 Å². The Balaban J connectivity index is 1.68. The summed E-state index contributed by atoms with van der Waals surface area (Å²) in [4.78, 5) is 14.7. The number of aliphatic hydroxyl groups is 1. The van der Waals surface area contributed by atoms with Crippen LogP contribution in [0.15, 0.2) is 36.4 Å². The number of carbonyl (C=O) groups is 1. The van der Waals surface area contributed by atoms with E-state index in [1.165, 1.54) is 13.2 Å². The van der Waals surface area contributed by atoms with E-state index in [9.17, 15) is 19.4 Å². The number of aliphatic hydroxyl groups excluding tert-OH is 1. The van der Waals surface area contributed by atoms with Crippen molar-refractivity contribution >= 4 is 23.3 Å². The molecule has 6 nitrogen and oxygen atoms in total. The second-order valence-corrected chi connectivity index (χ2v) is 9.80. The Morgan fingerprint density at radius 2 is 2.00 bits per heavy atom. The van der Waals surface area contributed by atoms with Crippen molar-refractivity contribution in [3.8, 4) is 5.75 Å². The van der Waals surface area contributed by atoms with Gasteiger partial charge in [0, 0.05) is 35.9 Å². The second-order valence-electron chi connectivity index (χ2n) is 9.37. The van der Waals surface area contributed by atoms with Crippen LogP contribution >= 0.6 is 11.6 Å².